The summed E-state index contributed by atoms with van der Waals surface area (Å²) in [5, 5.41) is 5.29. The first-order valence-corrected chi connectivity index (χ1v) is 43.9. The van der Waals surface area contributed by atoms with E-state index >= 15 is 0 Å². The molecule has 0 heterocycles. The maximum atomic E-state index is 2.52. The van der Waals surface area contributed by atoms with Gasteiger partial charge in [-0.3, -0.25) is 0 Å². The topological polar surface area (TPSA) is 6.48 Å². The van der Waals surface area contributed by atoms with Crippen LogP contribution >= 0.6 is 0 Å². The minimum Gasteiger partial charge on any atom is -0.310 e. The highest BCUT2D eigenvalue weighted by Gasteiger charge is 2.48. The normalized spacial score (nSPS) is 13.5. The predicted octanol–water partition coefficient (Wildman–Crippen LogP) is 33.2. The summed E-state index contributed by atoms with van der Waals surface area (Å²) >= 11 is 0. The number of hydrogen-bond acceptors (Lipinski definition) is 2. The highest BCUT2D eigenvalue weighted by molar-refractivity contribution is 6.20. The number of nitrogens with zero attached hydrogens (tertiary/aromatic N) is 2. The number of benzene rings is 20. The molecule has 20 aromatic carbocycles. The zero-order valence-corrected chi connectivity index (χ0v) is 70.1. The lowest BCUT2D eigenvalue weighted by Gasteiger charge is -2.34. The molecule has 0 bridgehead atoms. The second-order valence-electron chi connectivity index (χ2n) is 35.2. The maximum Gasteiger partial charge on any atom is 0.0714 e. The second kappa shape index (κ2) is 28.9. The molecule has 0 radical (unpaired) electrons. The van der Waals surface area contributed by atoms with E-state index in [9.17, 15) is 0 Å². The summed E-state index contributed by atoms with van der Waals surface area (Å²) < 4.78 is 0. The van der Waals surface area contributed by atoms with Gasteiger partial charge in [0.15, 0.2) is 0 Å². The standard InChI is InChI=1S/C65H43N.C58H43N/c1-4-18-44(19-5-1)45-36-38-51(39-37-45)66(62-35-17-34-61-64(62)59-30-12-13-33-60(59)65(61,49-23-6-2-7-24-49)50-25-8-3-9-26-50)52-27-15-21-47(43-52)46-20-14-22-48(42-46)53-40-41-58-55-29-11-10-28-54(55)57-32-16-31-56(53)63(57)58;1-57(2)51-26-10-8-22-49(51)56-52(57)27-14-28-54(56)59(40-29-30-45-44-21-7-9-25-50(44)58(3,4)53(45)35-40)39-18-12-16-37(34-39)36-15-11-17-38(33-36)41-31-32-48-43-20-6-5-19-42(43)47-24-13-23-46(41)55(47)48/h1-43H;5-35H,1-4H3. The van der Waals surface area contributed by atoms with Gasteiger partial charge < -0.3 is 9.80 Å². The van der Waals surface area contributed by atoms with Crippen LogP contribution < -0.4 is 9.80 Å². The number of rotatable bonds is 13. The number of hydrogen-bond donors (Lipinski definition) is 0. The Bertz CT molecular complexity index is 7680. The summed E-state index contributed by atoms with van der Waals surface area (Å²) in [6.07, 6.45) is 0. The Labute approximate surface area is 731 Å². The van der Waals surface area contributed by atoms with E-state index < -0.39 is 5.41 Å². The molecular weight excluding hydrogens is 1510 g/mol. The third kappa shape index (κ3) is 11.4. The van der Waals surface area contributed by atoms with Crippen LogP contribution in [0.15, 0.2) is 449 Å². The molecule has 5 aliphatic carbocycles. The molecule has 125 heavy (non-hydrogen) atoms. The Morgan fingerprint density at radius 2 is 0.480 bits per heavy atom. The molecule has 20 aromatic rings. The van der Waals surface area contributed by atoms with Crippen molar-refractivity contribution in [3.05, 3.63) is 493 Å². The summed E-state index contributed by atoms with van der Waals surface area (Å²) in [6.45, 7) is 9.49. The van der Waals surface area contributed by atoms with Gasteiger partial charge in [-0.1, -0.05) is 404 Å². The van der Waals surface area contributed by atoms with Crippen molar-refractivity contribution in [1.82, 2.24) is 0 Å². The molecule has 0 saturated heterocycles. The summed E-state index contributed by atoms with van der Waals surface area (Å²) in [5.74, 6) is 0. The smallest absolute Gasteiger partial charge is 0.0714 e. The lowest BCUT2D eigenvalue weighted by atomic mass is 9.68. The molecule has 0 amide bonds. The molecule has 2 nitrogen and oxygen atoms in total. The van der Waals surface area contributed by atoms with Gasteiger partial charge in [-0.25, -0.2) is 0 Å². The predicted molar refractivity (Wildman–Crippen MR) is 526 cm³/mol. The Hall–Kier alpha value is -15.5. The van der Waals surface area contributed by atoms with Gasteiger partial charge in [-0.05, 0) is 261 Å². The SMILES string of the molecule is CC1(C)c2ccccc2-c2ccc(N(c3cccc(-c4cccc(-c5ccc6c7c(cccc57)-c5ccccc5-6)c4)c3)c3cccc4c3-c3ccccc3C4(C)C)cc21.c1ccc(-c2ccc(N(c3cccc(-c4cccc(-c5ccc6c7c(cccc57)-c5ccccc5-6)c4)c3)c3cccc4c3-c3ccccc3C4(c3ccccc3)c3ccccc3)cc2)cc1. The molecule has 0 N–H and O–H groups in total. The van der Waals surface area contributed by atoms with Crippen LogP contribution in [-0.2, 0) is 16.2 Å². The first-order chi connectivity index (χ1) is 61.5. The van der Waals surface area contributed by atoms with E-state index in [2.05, 4.69) is 486 Å². The molecule has 2 heteroatoms. The molecule has 0 saturated carbocycles. The Kier molecular flexibility index (Phi) is 17.0. The van der Waals surface area contributed by atoms with Crippen molar-refractivity contribution >= 4 is 55.7 Å². The molecular formula is C123H86N2. The van der Waals surface area contributed by atoms with Crippen molar-refractivity contribution in [3.63, 3.8) is 0 Å². The Balaban J connectivity index is 0.000000141. The highest BCUT2D eigenvalue weighted by Crippen LogP contribution is 2.62. The molecule has 5 aliphatic rings. The van der Waals surface area contributed by atoms with Crippen molar-refractivity contribution in [2.75, 3.05) is 9.80 Å². The fourth-order valence-electron chi connectivity index (χ4n) is 22.2. The van der Waals surface area contributed by atoms with Crippen LogP contribution in [0.2, 0.25) is 0 Å². The minimum absolute atomic E-state index is 0.108. The van der Waals surface area contributed by atoms with E-state index in [1.165, 1.54) is 205 Å². The fraction of sp³-hybridized carbons (Fsp3) is 0.0569. The summed E-state index contributed by atoms with van der Waals surface area (Å²) in [7, 11) is 0. The molecule has 0 aromatic heterocycles. The monoisotopic (exact) mass is 1590 g/mol. The van der Waals surface area contributed by atoms with E-state index in [0.717, 1.165) is 28.3 Å². The van der Waals surface area contributed by atoms with Crippen LogP contribution in [0.5, 0.6) is 0 Å². The molecule has 0 fully saturated rings. The average Bonchev–Trinajstić information content (AvgIpc) is 1.52. The zero-order chi connectivity index (χ0) is 83.2. The lowest BCUT2D eigenvalue weighted by Crippen LogP contribution is -2.28. The molecule has 0 spiro atoms. The Morgan fingerprint density at radius 1 is 0.168 bits per heavy atom. The van der Waals surface area contributed by atoms with Crippen molar-refractivity contribution in [1.29, 1.82) is 0 Å². The van der Waals surface area contributed by atoms with Gasteiger partial charge in [0.1, 0.15) is 0 Å². The van der Waals surface area contributed by atoms with Crippen LogP contribution in [0.3, 0.4) is 0 Å². The number of anilines is 6. The third-order valence-corrected chi connectivity index (χ3v) is 27.9. The molecule has 25 rings (SSSR count). The quantitative estimate of drug-likeness (QED) is 0.114. The molecule has 0 atom stereocenters. The van der Waals surface area contributed by atoms with Gasteiger partial charge in [0, 0.05) is 44.7 Å². The maximum absolute atomic E-state index is 2.52. The Morgan fingerprint density at radius 3 is 1.01 bits per heavy atom. The summed E-state index contributed by atoms with van der Waals surface area (Å²) in [6, 6.07) is 167. The fourth-order valence-corrected chi connectivity index (χ4v) is 22.2. The highest BCUT2D eigenvalue weighted by atomic mass is 15.2. The summed E-state index contributed by atoms with van der Waals surface area (Å²) in [4.78, 5) is 5.00. The first-order valence-electron chi connectivity index (χ1n) is 43.9. The van der Waals surface area contributed by atoms with Crippen LogP contribution in [0.4, 0.5) is 34.1 Å². The van der Waals surface area contributed by atoms with Gasteiger partial charge in [0.05, 0.1) is 16.8 Å². The largest absolute Gasteiger partial charge is 0.310 e. The zero-order valence-electron chi connectivity index (χ0n) is 70.1. The minimum atomic E-state index is -0.513. The average molecular weight is 1590 g/mol. The van der Waals surface area contributed by atoms with Gasteiger partial charge in [0.25, 0.3) is 0 Å². The van der Waals surface area contributed by atoms with Crippen molar-refractivity contribution < 1.29 is 0 Å². The van der Waals surface area contributed by atoms with Crippen LogP contribution in [0.1, 0.15) is 72.2 Å². The molecule has 588 valence electrons. The van der Waals surface area contributed by atoms with Gasteiger partial charge in [-0.2, -0.15) is 0 Å². The first kappa shape index (κ1) is 73.4. The molecule has 0 unspecified atom stereocenters. The van der Waals surface area contributed by atoms with E-state index in [4.69, 9.17) is 0 Å². The summed E-state index contributed by atoms with van der Waals surface area (Å²) in [5.41, 5.74) is 47.1. The number of fused-ring (bicyclic) bond motifs is 15. The van der Waals surface area contributed by atoms with E-state index in [0.29, 0.717) is 0 Å². The molecule has 0 aliphatic heterocycles. The van der Waals surface area contributed by atoms with Crippen LogP contribution in [0, 0.1) is 0 Å². The van der Waals surface area contributed by atoms with Crippen molar-refractivity contribution in [3.8, 4) is 134 Å². The lowest BCUT2D eigenvalue weighted by molar-refractivity contribution is 0.660. The van der Waals surface area contributed by atoms with Crippen molar-refractivity contribution in [2.45, 2.75) is 43.9 Å². The van der Waals surface area contributed by atoms with E-state index in [1.54, 1.807) is 0 Å². The van der Waals surface area contributed by atoms with Crippen LogP contribution in [0.25, 0.3) is 155 Å². The van der Waals surface area contributed by atoms with Crippen molar-refractivity contribution in [2.24, 2.45) is 0 Å². The second-order valence-corrected chi connectivity index (χ2v) is 35.2. The van der Waals surface area contributed by atoms with E-state index in [1.807, 2.05) is 0 Å². The van der Waals surface area contributed by atoms with Crippen LogP contribution in [-0.4, -0.2) is 0 Å². The van der Waals surface area contributed by atoms with Gasteiger partial charge >= 0.3 is 0 Å². The van der Waals surface area contributed by atoms with Gasteiger partial charge in [0.2, 0.25) is 0 Å². The van der Waals surface area contributed by atoms with E-state index in [-0.39, 0.29) is 10.8 Å². The third-order valence-electron chi connectivity index (χ3n) is 27.9. The van der Waals surface area contributed by atoms with Gasteiger partial charge in [-0.15, -0.1) is 0 Å².